The van der Waals surface area contributed by atoms with E-state index in [1.54, 1.807) is 0 Å². The first-order valence-corrected chi connectivity index (χ1v) is 8.69. The van der Waals surface area contributed by atoms with Gasteiger partial charge in [-0.15, -0.1) is 25.6 Å². The van der Waals surface area contributed by atoms with Crippen LogP contribution in [-0.2, 0) is 0 Å². The summed E-state index contributed by atoms with van der Waals surface area (Å²) in [5, 5.41) is 3.31. The van der Waals surface area contributed by atoms with Gasteiger partial charge in [-0.3, -0.25) is 4.90 Å². The molecule has 1 fully saturated rings. The van der Waals surface area contributed by atoms with Crippen molar-refractivity contribution in [2.24, 2.45) is 0 Å². The van der Waals surface area contributed by atoms with Crippen molar-refractivity contribution in [2.45, 2.75) is 38.6 Å². The van der Waals surface area contributed by atoms with Gasteiger partial charge in [-0.25, -0.2) is 0 Å². The highest BCUT2D eigenvalue weighted by Crippen LogP contribution is 2.34. The minimum atomic E-state index is -4.67. The van der Waals surface area contributed by atoms with Crippen molar-refractivity contribution in [3.63, 3.8) is 0 Å². The van der Waals surface area contributed by atoms with E-state index in [2.05, 4.69) is 37.8 Å². The molecule has 1 saturated heterocycles. The summed E-state index contributed by atoms with van der Waals surface area (Å²) in [6.45, 7) is 5.73. The Balaban J connectivity index is 0.00000288. The van der Waals surface area contributed by atoms with Crippen molar-refractivity contribution in [3.8, 4) is 5.75 Å². The van der Waals surface area contributed by atoms with Gasteiger partial charge in [0.25, 0.3) is 0 Å². The van der Waals surface area contributed by atoms with Crippen LogP contribution in [0.5, 0.6) is 5.75 Å². The number of hydrogen-bond acceptors (Lipinski definition) is 3. The molecule has 1 heterocycles. The van der Waals surface area contributed by atoms with Crippen molar-refractivity contribution in [1.82, 2.24) is 10.2 Å². The molecule has 3 nitrogen and oxygen atoms in total. The summed E-state index contributed by atoms with van der Waals surface area (Å²) in [4.78, 5) is 2.34. The minimum Gasteiger partial charge on any atom is -0.406 e. The van der Waals surface area contributed by atoms with Gasteiger partial charge in [-0.05, 0) is 30.2 Å². The van der Waals surface area contributed by atoms with E-state index < -0.39 is 6.36 Å². The fourth-order valence-corrected chi connectivity index (χ4v) is 3.41. The zero-order valence-electron chi connectivity index (χ0n) is 13.5. The summed E-state index contributed by atoms with van der Waals surface area (Å²) in [6.07, 6.45) is -1.65. The summed E-state index contributed by atoms with van der Waals surface area (Å²) < 4.78 is 42.2. The van der Waals surface area contributed by atoms with Crippen LogP contribution < -0.4 is 10.1 Å². The minimum absolute atomic E-state index is 0. The zero-order valence-corrected chi connectivity index (χ0v) is 15.9. The molecule has 0 aliphatic carbocycles. The van der Waals surface area contributed by atoms with E-state index in [-0.39, 0.29) is 24.2 Å². The SMILES string of the molecule is CCCC[C@H](c1cc(Br)cc(OC(F)(F)F)c1)N1CCNCC1.Cl. The summed E-state index contributed by atoms with van der Waals surface area (Å²) in [7, 11) is 0. The highest BCUT2D eigenvalue weighted by atomic mass is 79.9. The molecule has 0 aromatic heterocycles. The second-order valence-corrected chi connectivity index (χ2v) is 6.63. The summed E-state index contributed by atoms with van der Waals surface area (Å²) in [5.74, 6) is -0.168. The van der Waals surface area contributed by atoms with Gasteiger partial charge in [-0.2, -0.15) is 0 Å². The number of rotatable bonds is 6. The van der Waals surface area contributed by atoms with Gasteiger partial charge in [0, 0.05) is 36.7 Å². The lowest BCUT2D eigenvalue weighted by Gasteiger charge is -2.35. The molecule has 138 valence electrons. The van der Waals surface area contributed by atoms with Crippen molar-refractivity contribution < 1.29 is 17.9 Å². The molecule has 0 spiro atoms. The molecule has 1 aromatic rings. The van der Waals surface area contributed by atoms with Gasteiger partial charge in [0.15, 0.2) is 0 Å². The topological polar surface area (TPSA) is 24.5 Å². The molecule has 1 aromatic carbocycles. The second kappa shape index (κ2) is 9.85. The Kier molecular flexibility index (Phi) is 8.84. The van der Waals surface area contributed by atoms with E-state index in [0.29, 0.717) is 4.47 Å². The number of alkyl halides is 3. The Morgan fingerprint density at radius 1 is 1.25 bits per heavy atom. The third-order valence-corrected chi connectivity index (χ3v) is 4.39. The molecule has 0 radical (unpaired) electrons. The molecule has 1 N–H and O–H groups in total. The number of hydrogen-bond donors (Lipinski definition) is 1. The lowest BCUT2D eigenvalue weighted by molar-refractivity contribution is -0.274. The zero-order chi connectivity index (χ0) is 16.9. The first-order valence-electron chi connectivity index (χ1n) is 7.90. The number of piperazine rings is 1. The Morgan fingerprint density at radius 2 is 1.92 bits per heavy atom. The van der Waals surface area contributed by atoms with E-state index in [1.165, 1.54) is 12.1 Å². The summed E-state index contributed by atoms with van der Waals surface area (Å²) >= 11 is 3.30. The smallest absolute Gasteiger partial charge is 0.406 e. The molecule has 0 unspecified atom stereocenters. The lowest BCUT2D eigenvalue weighted by atomic mass is 9.98. The Hall–Kier alpha value is -0.500. The fourth-order valence-electron chi connectivity index (χ4n) is 2.92. The number of nitrogens with one attached hydrogen (secondary N) is 1. The highest BCUT2D eigenvalue weighted by molar-refractivity contribution is 9.10. The van der Waals surface area contributed by atoms with Crippen LogP contribution in [-0.4, -0.2) is 37.4 Å². The molecule has 0 saturated carbocycles. The van der Waals surface area contributed by atoms with Crippen LogP contribution in [0.1, 0.15) is 37.8 Å². The van der Waals surface area contributed by atoms with Crippen LogP contribution in [0.3, 0.4) is 0 Å². The molecule has 0 amide bonds. The van der Waals surface area contributed by atoms with Crippen LogP contribution >= 0.6 is 28.3 Å². The van der Waals surface area contributed by atoms with Crippen LogP contribution in [0.4, 0.5) is 13.2 Å². The Morgan fingerprint density at radius 3 is 2.50 bits per heavy atom. The van der Waals surface area contributed by atoms with Crippen LogP contribution in [0, 0.1) is 0 Å². The molecule has 24 heavy (non-hydrogen) atoms. The van der Waals surface area contributed by atoms with Crippen molar-refractivity contribution in [2.75, 3.05) is 26.2 Å². The van der Waals surface area contributed by atoms with Gasteiger partial charge >= 0.3 is 6.36 Å². The largest absolute Gasteiger partial charge is 0.573 e. The molecule has 1 aliphatic heterocycles. The molecule has 0 bridgehead atoms. The van der Waals surface area contributed by atoms with E-state index in [4.69, 9.17) is 0 Å². The molecular weight excluding hydrogens is 409 g/mol. The quantitative estimate of drug-likeness (QED) is 0.693. The monoisotopic (exact) mass is 430 g/mol. The van der Waals surface area contributed by atoms with E-state index >= 15 is 0 Å². The van der Waals surface area contributed by atoms with Crippen LogP contribution in [0.2, 0.25) is 0 Å². The molecule has 2 rings (SSSR count). The third-order valence-electron chi connectivity index (χ3n) is 3.94. The lowest BCUT2D eigenvalue weighted by Crippen LogP contribution is -2.45. The normalized spacial score (nSPS) is 17.2. The number of ether oxygens (including phenoxy) is 1. The predicted molar refractivity (Wildman–Crippen MR) is 94.8 cm³/mol. The van der Waals surface area contributed by atoms with Crippen molar-refractivity contribution in [1.29, 1.82) is 0 Å². The van der Waals surface area contributed by atoms with E-state index in [1.807, 2.05) is 6.07 Å². The second-order valence-electron chi connectivity index (χ2n) is 5.71. The fraction of sp³-hybridized carbons (Fsp3) is 0.625. The molecule has 1 atom stereocenters. The first kappa shape index (κ1) is 21.5. The average molecular weight is 432 g/mol. The number of benzene rings is 1. The number of nitrogens with zero attached hydrogens (tertiary/aromatic N) is 1. The number of halogens is 5. The predicted octanol–water partition coefficient (Wildman–Crippen LogP) is 4.91. The van der Waals surface area contributed by atoms with E-state index in [9.17, 15) is 13.2 Å². The van der Waals surface area contributed by atoms with Crippen molar-refractivity contribution in [3.05, 3.63) is 28.2 Å². The molecule has 8 heteroatoms. The van der Waals surface area contributed by atoms with Gasteiger partial charge in [0.05, 0.1) is 0 Å². The average Bonchev–Trinajstić information content (AvgIpc) is 2.46. The summed E-state index contributed by atoms with van der Waals surface area (Å²) in [5.41, 5.74) is 0.869. The maximum atomic E-state index is 12.5. The standard InChI is InChI=1S/C16H22BrF3N2O.ClH/c1-2-3-4-15(22-7-5-21-6-8-22)12-9-13(17)11-14(10-12)23-16(18,19)20;/h9-11,15,21H,2-8H2,1H3;1H/t15-;/m1./s1. The van der Waals surface area contributed by atoms with E-state index in [0.717, 1.165) is 51.0 Å². The first-order chi connectivity index (χ1) is 10.9. The van der Waals surface area contributed by atoms with Gasteiger partial charge in [-0.1, -0.05) is 35.7 Å². The molecule has 1 aliphatic rings. The van der Waals surface area contributed by atoms with Crippen LogP contribution in [0.15, 0.2) is 22.7 Å². The molecular formula is C16H23BrClF3N2O. The maximum absolute atomic E-state index is 12.5. The van der Waals surface area contributed by atoms with Crippen LogP contribution in [0.25, 0.3) is 0 Å². The van der Waals surface area contributed by atoms with Gasteiger partial charge in [0.1, 0.15) is 5.75 Å². The summed E-state index contributed by atoms with van der Waals surface area (Å²) in [6, 6.07) is 4.88. The highest BCUT2D eigenvalue weighted by Gasteiger charge is 2.32. The van der Waals surface area contributed by atoms with Gasteiger partial charge < -0.3 is 10.1 Å². The number of unbranched alkanes of at least 4 members (excludes halogenated alkanes) is 1. The Labute approximate surface area is 155 Å². The maximum Gasteiger partial charge on any atom is 0.573 e. The third kappa shape index (κ3) is 6.78. The van der Waals surface area contributed by atoms with Crippen molar-refractivity contribution >= 4 is 28.3 Å². The van der Waals surface area contributed by atoms with Gasteiger partial charge in [0.2, 0.25) is 0 Å². The Bertz CT molecular complexity index is 511.